The molecule has 41 heavy (non-hydrogen) atoms. The van der Waals surface area contributed by atoms with Gasteiger partial charge in [0, 0.05) is 0 Å². The van der Waals surface area contributed by atoms with Crippen LogP contribution in [0.25, 0.3) is 65.3 Å². The van der Waals surface area contributed by atoms with Gasteiger partial charge in [0.1, 0.15) is 0 Å². The minimum Gasteiger partial charge on any atom is -0.0622 e. The maximum Gasteiger partial charge on any atom is 0.0629 e. The van der Waals surface area contributed by atoms with Crippen molar-refractivity contribution in [3.8, 4) is 22.3 Å². The summed E-state index contributed by atoms with van der Waals surface area (Å²) in [7, 11) is 0. The van der Waals surface area contributed by atoms with Gasteiger partial charge in [-0.15, -0.1) is 0 Å². The second-order valence-electron chi connectivity index (χ2n) is 10.3. The molecule has 0 atom stereocenters. The lowest BCUT2D eigenvalue weighted by atomic mass is 9.85. The van der Waals surface area contributed by atoms with Gasteiger partial charge in [0.05, 0.1) is 11.0 Å². The standard InChI is InChI=1S/C41H28/c1-2-13-29(14-3-1)34-25-24-31(33-16-6-7-17-35(33)34)27-40-36-18-8-10-20-38(36)41(39-21-11-9-19-37(39)40)32-23-22-28-12-4-5-15-30(28)26-32/h1-26H,27H2/i8D,9D,10D,11D,18D,19D,20D,21D. The van der Waals surface area contributed by atoms with Crippen LogP contribution in [0.4, 0.5) is 0 Å². The van der Waals surface area contributed by atoms with Gasteiger partial charge in [-0.05, 0) is 89.0 Å². The molecule has 0 nitrogen and oxygen atoms in total. The zero-order valence-electron chi connectivity index (χ0n) is 30.1. The van der Waals surface area contributed by atoms with Crippen molar-refractivity contribution in [3.63, 3.8) is 0 Å². The highest BCUT2D eigenvalue weighted by Crippen LogP contribution is 2.42. The average Bonchev–Trinajstić information content (AvgIpc) is 3.14. The molecule has 0 unspecified atom stereocenters. The van der Waals surface area contributed by atoms with Crippen LogP contribution in [0.1, 0.15) is 22.1 Å². The number of hydrogen-bond acceptors (Lipinski definition) is 0. The van der Waals surface area contributed by atoms with Gasteiger partial charge in [-0.2, -0.15) is 0 Å². The van der Waals surface area contributed by atoms with Crippen molar-refractivity contribution >= 4 is 43.1 Å². The summed E-state index contributed by atoms with van der Waals surface area (Å²) in [6, 6.07) is 33.0. The first-order valence-corrected chi connectivity index (χ1v) is 13.7. The fourth-order valence-corrected chi connectivity index (χ4v) is 6.09. The van der Waals surface area contributed by atoms with Crippen molar-refractivity contribution < 1.29 is 11.0 Å². The molecule has 8 aromatic carbocycles. The van der Waals surface area contributed by atoms with E-state index in [0.29, 0.717) is 16.7 Å². The van der Waals surface area contributed by atoms with Crippen molar-refractivity contribution in [1.82, 2.24) is 0 Å². The van der Waals surface area contributed by atoms with Gasteiger partial charge in [0.25, 0.3) is 0 Å². The van der Waals surface area contributed by atoms with Crippen molar-refractivity contribution in [2.24, 2.45) is 0 Å². The van der Waals surface area contributed by atoms with E-state index in [-0.39, 0.29) is 52.1 Å². The van der Waals surface area contributed by atoms with Crippen LogP contribution in [0.2, 0.25) is 0 Å². The molecule has 192 valence electrons. The number of hydrogen-bond donors (Lipinski definition) is 0. The van der Waals surface area contributed by atoms with E-state index in [1.165, 1.54) is 0 Å². The monoisotopic (exact) mass is 528 g/mol. The molecule has 0 spiro atoms. The summed E-state index contributed by atoms with van der Waals surface area (Å²) in [6.45, 7) is 0. The summed E-state index contributed by atoms with van der Waals surface area (Å²) in [5, 5.41) is 4.81. The van der Waals surface area contributed by atoms with E-state index in [2.05, 4.69) is 18.2 Å². The Kier molecular flexibility index (Phi) is 4.00. The van der Waals surface area contributed by atoms with Gasteiger partial charge in [-0.3, -0.25) is 0 Å². The summed E-state index contributed by atoms with van der Waals surface area (Å²) in [5.41, 5.74) is 4.38. The van der Waals surface area contributed by atoms with Gasteiger partial charge < -0.3 is 0 Å². The highest BCUT2D eigenvalue weighted by molar-refractivity contribution is 6.16. The first-order chi connectivity index (χ1) is 23.7. The normalized spacial score (nSPS) is 14.2. The minimum atomic E-state index is -0.400. The predicted octanol–water partition coefficient (Wildman–Crippen LogP) is 11.2. The zero-order valence-corrected chi connectivity index (χ0v) is 22.1. The van der Waals surface area contributed by atoms with Crippen molar-refractivity contribution in [3.05, 3.63) is 169 Å². The lowest BCUT2D eigenvalue weighted by molar-refractivity contribution is 1.26. The Morgan fingerprint density at radius 2 is 1.05 bits per heavy atom. The van der Waals surface area contributed by atoms with Gasteiger partial charge in [0.2, 0.25) is 0 Å². The molecule has 0 saturated heterocycles. The molecule has 0 aromatic heterocycles. The van der Waals surface area contributed by atoms with Crippen LogP contribution in [-0.2, 0) is 6.42 Å². The Balaban J connectivity index is 1.54. The van der Waals surface area contributed by atoms with Crippen LogP contribution in [0.15, 0.2) is 158 Å². The SMILES string of the molecule is [2H]c1c([2H])c([2H])c2c(-c3ccc4ccccc4c3)c3c([2H])c([2H])c([2H])c([2H])c3c(Cc3ccc(-c4ccccc4)c4ccccc34)c2c1[2H]. The fraction of sp³-hybridized carbons (Fsp3) is 0.0244. The predicted molar refractivity (Wildman–Crippen MR) is 177 cm³/mol. The third-order valence-corrected chi connectivity index (χ3v) is 7.98. The Bertz CT molecular complexity index is 2580. The van der Waals surface area contributed by atoms with E-state index in [4.69, 9.17) is 5.48 Å². The molecule has 0 amide bonds. The number of benzene rings is 8. The van der Waals surface area contributed by atoms with Gasteiger partial charge in [-0.1, -0.05) is 151 Å². The maximum absolute atomic E-state index is 9.24. The summed E-state index contributed by atoms with van der Waals surface area (Å²) in [4.78, 5) is 0. The highest BCUT2D eigenvalue weighted by atomic mass is 14.2. The van der Waals surface area contributed by atoms with Crippen LogP contribution in [0, 0.1) is 0 Å². The van der Waals surface area contributed by atoms with Crippen LogP contribution in [0.3, 0.4) is 0 Å². The highest BCUT2D eigenvalue weighted by Gasteiger charge is 2.17. The van der Waals surface area contributed by atoms with Crippen LogP contribution >= 0.6 is 0 Å². The lowest BCUT2D eigenvalue weighted by Crippen LogP contribution is -1.97. The number of fused-ring (bicyclic) bond motifs is 4. The molecule has 0 aliphatic carbocycles. The summed E-state index contributed by atoms with van der Waals surface area (Å²) < 4.78 is 71.8. The summed E-state index contributed by atoms with van der Waals surface area (Å²) in [5.74, 6) is 0. The van der Waals surface area contributed by atoms with Crippen LogP contribution in [0.5, 0.6) is 0 Å². The molecule has 0 bridgehead atoms. The molecule has 8 rings (SSSR count). The minimum absolute atomic E-state index is 0.171. The smallest absolute Gasteiger partial charge is 0.0622 e. The Hall–Kier alpha value is -5.20. The Labute approximate surface area is 251 Å². The molecule has 0 radical (unpaired) electrons. The van der Waals surface area contributed by atoms with E-state index in [9.17, 15) is 5.48 Å². The van der Waals surface area contributed by atoms with E-state index < -0.39 is 24.2 Å². The van der Waals surface area contributed by atoms with E-state index in [1.54, 1.807) is 0 Å². The van der Waals surface area contributed by atoms with E-state index in [0.717, 1.165) is 38.2 Å². The third-order valence-electron chi connectivity index (χ3n) is 7.98. The van der Waals surface area contributed by atoms with E-state index >= 15 is 0 Å². The first kappa shape index (κ1) is 16.8. The molecular formula is C41H28. The quantitative estimate of drug-likeness (QED) is 0.199. The average molecular weight is 529 g/mol. The molecule has 0 N–H and O–H groups in total. The lowest BCUT2D eigenvalue weighted by Gasteiger charge is -2.19. The van der Waals surface area contributed by atoms with Gasteiger partial charge >= 0.3 is 0 Å². The molecule has 0 aliphatic rings. The van der Waals surface area contributed by atoms with Gasteiger partial charge in [-0.25, -0.2) is 0 Å². The molecular weight excluding hydrogens is 492 g/mol. The van der Waals surface area contributed by atoms with Crippen molar-refractivity contribution in [2.45, 2.75) is 6.42 Å². The third kappa shape index (κ3) is 4.00. The molecule has 0 fully saturated rings. The van der Waals surface area contributed by atoms with Crippen molar-refractivity contribution in [2.75, 3.05) is 0 Å². The van der Waals surface area contributed by atoms with E-state index in [1.807, 2.05) is 91.0 Å². The molecule has 8 aromatic rings. The molecule has 0 heteroatoms. The first-order valence-electron chi connectivity index (χ1n) is 17.7. The second kappa shape index (κ2) is 9.77. The largest absolute Gasteiger partial charge is 0.0629 e. The molecule has 0 aliphatic heterocycles. The van der Waals surface area contributed by atoms with Crippen molar-refractivity contribution in [1.29, 1.82) is 0 Å². The van der Waals surface area contributed by atoms with Crippen LogP contribution in [-0.4, -0.2) is 0 Å². The Morgan fingerprint density at radius 3 is 1.78 bits per heavy atom. The molecule has 0 heterocycles. The summed E-state index contributed by atoms with van der Waals surface area (Å²) in [6.07, 6.45) is 0.171. The zero-order chi connectivity index (χ0) is 34.1. The van der Waals surface area contributed by atoms with Gasteiger partial charge in [0.15, 0.2) is 0 Å². The second-order valence-corrected chi connectivity index (χ2v) is 10.3. The fourth-order valence-electron chi connectivity index (χ4n) is 6.09. The topological polar surface area (TPSA) is 0 Å². The Morgan fingerprint density at radius 1 is 0.439 bits per heavy atom. The number of rotatable bonds is 4. The summed E-state index contributed by atoms with van der Waals surface area (Å²) >= 11 is 0. The van der Waals surface area contributed by atoms with Crippen LogP contribution < -0.4 is 0 Å². The molecule has 0 saturated carbocycles. The maximum atomic E-state index is 9.24.